The summed E-state index contributed by atoms with van der Waals surface area (Å²) in [4.78, 5) is 28.9. The highest BCUT2D eigenvalue weighted by Gasteiger charge is 2.27. The number of nitrogens with one attached hydrogen (secondary N) is 1. The number of nitro benzene ring substituents is 1. The van der Waals surface area contributed by atoms with Gasteiger partial charge in [-0.3, -0.25) is 14.9 Å². The molecule has 0 radical (unpaired) electrons. The molecule has 1 aromatic carbocycles. The number of carbonyl (C=O) groups is 1. The summed E-state index contributed by atoms with van der Waals surface area (Å²) in [5.74, 6) is 1.25. The van der Waals surface area contributed by atoms with Gasteiger partial charge >= 0.3 is 5.97 Å². The lowest BCUT2D eigenvalue weighted by Crippen LogP contribution is -2.46. The number of hydrogen-bond donors (Lipinski definition) is 1. The number of nitro groups is 1. The topological polar surface area (TPSA) is 110 Å². The molecule has 1 aromatic heterocycles. The Bertz CT molecular complexity index is 847. The first-order chi connectivity index (χ1) is 14.1. The van der Waals surface area contributed by atoms with Crippen LogP contribution in [-0.4, -0.2) is 42.0 Å². The third-order valence-electron chi connectivity index (χ3n) is 4.89. The number of hydrogen-bond acceptors (Lipinski definition) is 6. The van der Waals surface area contributed by atoms with Crippen molar-refractivity contribution in [3.63, 3.8) is 0 Å². The lowest BCUT2D eigenvalue weighted by molar-refractivity contribution is -0.384. The number of furan rings is 1. The van der Waals surface area contributed by atoms with Gasteiger partial charge in [0.05, 0.1) is 37.3 Å². The van der Waals surface area contributed by atoms with Gasteiger partial charge in [-0.15, -0.1) is 24.0 Å². The summed E-state index contributed by atoms with van der Waals surface area (Å²) in [5, 5.41) is 14.1. The van der Waals surface area contributed by atoms with Gasteiger partial charge in [0.25, 0.3) is 5.69 Å². The van der Waals surface area contributed by atoms with Crippen LogP contribution in [0.25, 0.3) is 0 Å². The third kappa shape index (κ3) is 6.44. The van der Waals surface area contributed by atoms with Gasteiger partial charge in [0.1, 0.15) is 5.76 Å². The van der Waals surface area contributed by atoms with Crippen LogP contribution in [0.15, 0.2) is 52.1 Å². The van der Waals surface area contributed by atoms with Crippen molar-refractivity contribution in [1.82, 2.24) is 10.2 Å². The second-order valence-corrected chi connectivity index (χ2v) is 6.78. The first-order valence-corrected chi connectivity index (χ1v) is 9.43. The number of halogens is 1. The van der Waals surface area contributed by atoms with E-state index in [2.05, 4.69) is 15.2 Å². The Labute approximate surface area is 191 Å². The highest BCUT2D eigenvalue weighted by atomic mass is 127. The number of nitrogens with zero attached hydrogens (tertiary/aromatic N) is 3. The van der Waals surface area contributed by atoms with Crippen molar-refractivity contribution in [3.8, 4) is 0 Å². The van der Waals surface area contributed by atoms with Crippen LogP contribution in [-0.2, 0) is 22.6 Å². The maximum atomic E-state index is 11.8. The molecule has 2 heterocycles. The number of aliphatic imine (C=N–C) groups is 1. The van der Waals surface area contributed by atoms with Gasteiger partial charge < -0.3 is 19.4 Å². The summed E-state index contributed by atoms with van der Waals surface area (Å²) in [6, 6.07) is 10.1. The van der Waals surface area contributed by atoms with Crippen LogP contribution in [0.3, 0.4) is 0 Å². The van der Waals surface area contributed by atoms with Crippen LogP contribution in [0.5, 0.6) is 0 Å². The first kappa shape index (κ1) is 23.6. The van der Waals surface area contributed by atoms with Gasteiger partial charge in [-0.1, -0.05) is 12.1 Å². The maximum absolute atomic E-state index is 11.8. The molecule has 0 spiro atoms. The molecule has 2 aromatic rings. The molecular formula is C20H25IN4O5. The van der Waals surface area contributed by atoms with E-state index >= 15 is 0 Å². The van der Waals surface area contributed by atoms with Crippen LogP contribution in [0.4, 0.5) is 5.69 Å². The minimum atomic E-state index is -0.422. The SMILES string of the molecule is COC(=O)C1CCN(C(=NCc2ccc([N+](=O)[O-])cc2)NCc2ccco2)CC1.I. The van der Waals surface area contributed by atoms with E-state index in [-0.39, 0.29) is 41.6 Å². The molecule has 0 saturated carbocycles. The standard InChI is InChI=1S/C20H24N4O5.HI/c1-28-19(25)16-8-10-23(11-9-16)20(22-14-18-3-2-12-29-18)21-13-15-4-6-17(7-5-15)24(26)27;/h2-7,12,16H,8-11,13-14H2,1H3,(H,21,22);1H. The van der Waals surface area contributed by atoms with Gasteiger partial charge in [0.15, 0.2) is 5.96 Å². The number of carbonyl (C=O) groups excluding carboxylic acids is 1. The molecule has 0 amide bonds. The zero-order valence-electron chi connectivity index (χ0n) is 16.7. The highest BCUT2D eigenvalue weighted by molar-refractivity contribution is 14.0. The fourth-order valence-corrected chi connectivity index (χ4v) is 3.23. The summed E-state index contributed by atoms with van der Waals surface area (Å²) in [6.45, 7) is 2.24. The molecule has 0 atom stereocenters. The molecule has 1 saturated heterocycles. The molecule has 0 bridgehead atoms. The Morgan fingerprint density at radius 2 is 2.00 bits per heavy atom. The monoisotopic (exact) mass is 528 g/mol. The van der Waals surface area contributed by atoms with E-state index in [9.17, 15) is 14.9 Å². The largest absolute Gasteiger partial charge is 0.469 e. The highest BCUT2D eigenvalue weighted by Crippen LogP contribution is 2.19. The van der Waals surface area contributed by atoms with Gasteiger partial charge in [0, 0.05) is 25.2 Å². The number of likely N-dealkylation sites (tertiary alicyclic amines) is 1. The van der Waals surface area contributed by atoms with E-state index in [0.29, 0.717) is 45.0 Å². The van der Waals surface area contributed by atoms with Crippen molar-refractivity contribution in [2.45, 2.75) is 25.9 Å². The molecule has 0 unspecified atom stereocenters. The Morgan fingerprint density at radius 1 is 1.30 bits per heavy atom. The average Bonchev–Trinajstić information content (AvgIpc) is 3.27. The van der Waals surface area contributed by atoms with Crippen molar-refractivity contribution >= 4 is 41.6 Å². The number of methoxy groups -OCH3 is 1. The summed E-state index contributed by atoms with van der Waals surface area (Å²) in [5.41, 5.74) is 0.927. The number of guanidine groups is 1. The zero-order chi connectivity index (χ0) is 20.6. The molecule has 0 aliphatic carbocycles. The Hall–Kier alpha value is -2.63. The average molecular weight is 528 g/mol. The Morgan fingerprint density at radius 3 is 2.57 bits per heavy atom. The van der Waals surface area contributed by atoms with Crippen LogP contribution in [0.1, 0.15) is 24.2 Å². The molecule has 162 valence electrons. The van der Waals surface area contributed by atoms with E-state index in [1.54, 1.807) is 18.4 Å². The summed E-state index contributed by atoms with van der Waals surface area (Å²) in [6.07, 6.45) is 3.02. The number of esters is 1. The fraction of sp³-hybridized carbons (Fsp3) is 0.400. The first-order valence-electron chi connectivity index (χ1n) is 9.43. The quantitative estimate of drug-likeness (QED) is 0.153. The number of piperidine rings is 1. The Kier molecular flexibility index (Phi) is 9.09. The van der Waals surface area contributed by atoms with Crippen molar-refractivity contribution in [3.05, 3.63) is 64.1 Å². The maximum Gasteiger partial charge on any atom is 0.308 e. The predicted molar refractivity (Wildman–Crippen MR) is 122 cm³/mol. The van der Waals surface area contributed by atoms with E-state index in [1.807, 2.05) is 12.1 Å². The van der Waals surface area contributed by atoms with E-state index < -0.39 is 4.92 Å². The smallest absolute Gasteiger partial charge is 0.308 e. The van der Waals surface area contributed by atoms with Crippen LogP contribution in [0.2, 0.25) is 0 Å². The molecule has 30 heavy (non-hydrogen) atoms. The minimum absolute atomic E-state index is 0. The van der Waals surface area contributed by atoms with Gasteiger partial charge in [-0.25, -0.2) is 4.99 Å². The van der Waals surface area contributed by atoms with Crippen LogP contribution < -0.4 is 5.32 Å². The second-order valence-electron chi connectivity index (χ2n) is 6.78. The molecule has 1 N–H and O–H groups in total. The summed E-state index contributed by atoms with van der Waals surface area (Å²) >= 11 is 0. The molecule has 1 aliphatic heterocycles. The van der Waals surface area contributed by atoms with Crippen molar-refractivity contribution in [1.29, 1.82) is 0 Å². The van der Waals surface area contributed by atoms with Crippen molar-refractivity contribution < 1.29 is 18.9 Å². The number of benzene rings is 1. The minimum Gasteiger partial charge on any atom is -0.469 e. The molecule has 9 nitrogen and oxygen atoms in total. The van der Waals surface area contributed by atoms with Gasteiger partial charge in [-0.05, 0) is 30.5 Å². The van der Waals surface area contributed by atoms with E-state index in [4.69, 9.17) is 9.15 Å². The fourth-order valence-electron chi connectivity index (χ4n) is 3.23. The van der Waals surface area contributed by atoms with Crippen LogP contribution in [0, 0.1) is 16.0 Å². The molecule has 1 aliphatic rings. The van der Waals surface area contributed by atoms with E-state index in [0.717, 1.165) is 11.3 Å². The van der Waals surface area contributed by atoms with Gasteiger partial charge in [-0.2, -0.15) is 0 Å². The number of rotatable bonds is 6. The Balaban J connectivity index is 0.00000320. The third-order valence-corrected chi connectivity index (χ3v) is 4.89. The summed E-state index contributed by atoms with van der Waals surface area (Å²) < 4.78 is 10.2. The molecule has 1 fully saturated rings. The van der Waals surface area contributed by atoms with E-state index in [1.165, 1.54) is 19.2 Å². The number of ether oxygens (including phenoxy) is 1. The predicted octanol–water partition coefficient (Wildman–Crippen LogP) is 3.34. The molecular weight excluding hydrogens is 503 g/mol. The molecule has 10 heteroatoms. The zero-order valence-corrected chi connectivity index (χ0v) is 19.0. The van der Waals surface area contributed by atoms with Crippen molar-refractivity contribution in [2.24, 2.45) is 10.9 Å². The van der Waals surface area contributed by atoms with Crippen LogP contribution >= 0.6 is 24.0 Å². The number of non-ortho nitro benzene ring substituents is 1. The lowest BCUT2D eigenvalue weighted by Gasteiger charge is -2.33. The second kappa shape index (κ2) is 11.5. The normalized spacial score (nSPS) is 14.7. The molecule has 3 rings (SSSR count). The summed E-state index contributed by atoms with van der Waals surface area (Å²) in [7, 11) is 1.41. The van der Waals surface area contributed by atoms with Gasteiger partial charge in [0.2, 0.25) is 0 Å². The van der Waals surface area contributed by atoms with Crippen molar-refractivity contribution in [2.75, 3.05) is 20.2 Å². The lowest BCUT2D eigenvalue weighted by atomic mass is 9.97.